The predicted octanol–water partition coefficient (Wildman–Crippen LogP) is 12.7. The Kier molecular flexibility index (Phi) is 16.1. The van der Waals surface area contributed by atoms with E-state index in [0.29, 0.717) is 23.7 Å². The van der Waals surface area contributed by atoms with E-state index >= 15 is 0 Å². The third-order valence-electron chi connectivity index (χ3n) is 8.73. The minimum absolute atomic E-state index is 0.215. The summed E-state index contributed by atoms with van der Waals surface area (Å²) in [5.74, 6) is 3.34. The number of benzene rings is 5. The number of phenols is 1. The molecule has 2 aliphatic heterocycles. The van der Waals surface area contributed by atoms with Crippen molar-refractivity contribution in [1.82, 2.24) is 0 Å². The average Bonchev–Trinajstić information content (AvgIpc) is 3.14. The molecule has 0 spiro atoms. The third-order valence-corrected chi connectivity index (χ3v) is 10.9. The molecule has 7 nitrogen and oxygen atoms in total. The fourth-order valence-corrected chi connectivity index (χ4v) is 7.36. The first-order valence-electron chi connectivity index (χ1n) is 18.0. The number of rotatable bonds is 8. The molecule has 2 aliphatic rings. The number of halogens is 1. The summed E-state index contributed by atoms with van der Waals surface area (Å²) in [6.07, 6.45) is 2.81. The second-order valence-corrected chi connectivity index (χ2v) is 16.9. The zero-order valence-corrected chi connectivity index (χ0v) is 34.9. The maximum atomic E-state index is 12.8. The van der Waals surface area contributed by atoms with Gasteiger partial charge in [-0.2, -0.15) is 0 Å². The highest BCUT2D eigenvalue weighted by Crippen LogP contribution is 2.49. The molecule has 0 fully saturated rings. The van der Waals surface area contributed by atoms with Gasteiger partial charge in [0.2, 0.25) is 0 Å². The molecule has 0 amide bonds. The van der Waals surface area contributed by atoms with E-state index in [9.17, 15) is 4.57 Å². The van der Waals surface area contributed by atoms with Gasteiger partial charge in [-0.25, -0.2) is 4.57 Å². The molecule has 1 N–H and O–H groups in total. The molecule has 0 radical (unpaired) electrons. The molecule has 0 atom stereocenters. The molecular weight excluding hydrogens is 810 g/mol. The fraction of sp³-hybridized carbons (Fsp3) is 0.289. The number of phosphoric ester groups is 1. The van der Waals surface area contributed by atoms with E-state index in [0.717, 1.165) is 43.1 Å². The minimum Gasteiger partial charge on any atom is -0.508 e. The molecular formula is C45H52IO7P. The quantitative estimate of drug-likeness (QED) is 0.0945. The number of aromatic hydroxyl groups is 1. The molecule has 7 rings (SSSR count). The first-order chi connectivity index (χ1) is 25.8. The highest BCUT2D eigenvalue weighted by Gasteiger charge is 2.31. The van der Waals surface area contributed by atoms with Gasteiger partial charge in [0.15, 0.2) is 0 Å². The van der Waals surface area contributed by atoms with Crippen molar-refractivity contribution >= 4 is 30.4 Å². The monoisotopic (exact) mass is 862 g/mol. The average molecular weight is 863 g/mol. The van der Waals surface area contributed by atoms with Gasteiger partial charge in [0, 0.05) is 5.56 Å². The van der Waals surface area contributed by atoms with Crippen LogP contribution >= 0.6 is 30.4 Å². The summed E-state index contributed by atoms with van der Waals surface area (Å²) in [4.78, 5) is 0. The van der Waals surface area contributed by atoms with Gasteiger partial charge in [-0.05, 0) is 114 Å². The molecule has 54 heavy (non-hydrogen) atoms. The number of hydrogen-bond donors (Lipinski definition) is 1. The Labute approximate surface area is 335 Å². The van der Waals surface area contributed by atoms with Gasteiger partial charge in [0.25, 0.3) is 0 Å². The van der Waals surface area contributed by atoms with Crippen molar-refractivity contribution in [3.8, 4) is 28.7 Å². The molecule has 5 aromatic rings. The number of hydrogen-bond acceptors (Lipinski definition) is 7. The Bertz CT molecular complexity index is 1890. The van der Waals surface area contributed by atoms with E-state index in [1.54, 1.807) is 72.8 Å². The Balaban J connectivity index is 0.000000173. The van der Waals surface area contributed by atoms with Crippen molar-refractivity contribution in [2.45, 2.75) is 64.7 Å². The molecule has 0 aliphatic carbocycles. The van der Waals surface area contributed by atoms with E-state index in [-0.39, 0.29) is 17.4 Å². The topological polar surface area (TPSA) is 83.5 Å². The highest BCUT2D eigenvalue weighted by atomic mass is 127. The molecule has 5 aromatic carbocycles. The number of para-hydroxylation sites is 5. The second kappa shape index (κ2) is 20.4. The lowest BCUT2D eigenvalue weighted by atomic mass is 9.80. The molecule has 0 saturated heterocycles. The van der Waals surface area contributed by atoms with Crippen LogP contribution in [0.4, 0.5) is 0 Å². The highest BCUT2D eigenvalue weighted by molar-refractivity contribution is 14.1. The minimum atomic E-state index is -3.76. The van der Waals surface area contributed by atoms with E-state index in [1.165, 1.54) is 14.7 Å². The predicted molar refractivity (Wildman–Crippen MR) is 227 cm³/mol. The zero-order valence-electron chi connectivity index (χ0n) is 31.9. The summed E-state index contributed by atoms with van der Waals surface area (Å²) >= 11 is 2.33. The lowest BCUT2D eigenvalue weighted by Crippen LogP contribution is -2.26. The summed E-state index contributed by atoms with van der Waals surface area (Å²) in [6, 6.07) is 41.0. The van der Waals surface area contributed by atoms with Crippen LogP contribution in [-0.4, -0.2) is 24.9 Å². The van der Waals surface area contributed by atoms with E-state index in [1.807, 2.05) is 31.2 Å². The van der Waals surface area contributed by atoms with Crippen molar-refractivity contribution in [2.24, 2.45) is 0 Å². The summed E-state index contributed by atoms with van der Waals surface area (Å²) in [6.45, 7) is 16.7. The molecule has 0 saturated carbocycles. The van der Waals surface area contributed by atoms with Gasteiger partial charge in [0.05, 0.1) is 23.4 Å². The first-order valence-corrected chi connectivity index (χ1v) is 20.6. The lowest BCUT2D eigenvalue weighted by molar-refractivity contribution is 0.212. The van der Waals surface area contributed by atoms with E-state index in [2.05, 4.69) is 93.3 Å². The number of ether oxygens (including phenoxy) is 2. The summed E-state index contributed by atoms with van der Waals surface area (Å²) in [5.41, 5.74) is 4.19. The standard InChI is InChI=1S/C17H19O4P.C11H13IO.C11H14O.C6H6O/c1-15(2)13-14-19-22(18,20-16-9-5-3-6-10-16)21-17-11-7-4-8-12-17;1-11(2)6-7-13-10-8(11)4-3-5-9(10)12;1-11(2)7-8-12-10-6-4-3-5-9(10)11;7-6-4-2-1-3-5-6/h3-12H,1,13-14H2,2H3;3-5H,6-7H2,1-2H3;3-6H,7-8H2,1-2H3;1-5,7H. The summed E-state index contributed by atoms with van der Waals surface area (Å²) < 4.78 is 41.6. The van der Waals surface area contributed by atoms with Gasteiger partial charge in [-0.3, -0.25) is 4.52 Å². The Hall–Kier alpha value is -4.24. The summed E-state index contributed by atoms with van der Waals surface area (Å²) in [5, 5.41) is 8.63. The van der Waals surface area contributed by atoms with Crippen LogP contribution in [0, 0.1) is 3.57 Å². The van der Waals surface area contributed by atoms with Crippen molar-refractivity contribution in [3.05, 3.63) is 160 Å². The van der Waals surface area contributed by atoms with Crippen molar-refractivity contribution in [1.29, 1.82) is 0 Å². The van der Waals surface area contributed by atoms with Gasteiger partial charge in [-0.15, -0.1) is 6.58 Å². The van der Waals surface area contributed by atoms with Crippen LogP contribution in [-0.2, 0) is 19.9 Å². The van der Waals surface area contributed by atoms with Crippen LogP contribution in [0.5, 0.6) is 28.7 Å². The molecule has 9 heteroatoms. The van der Waals surface area contributed by atoms with Gasteiger partial charge >= 0.3 is 7.82 Å². The Morgan fingerprint density at radius 2 is 1.19 bits per heavy atom. The largest absolute Gasteiger partial charge is 0.587 e. The number of fused-ring (bicyclic) bond motifs is 2. The smallest absolute Gasteiger partial charge is 0.508 e. The van der Waals surface area contributed by atoms with Crippen LogP contribution in [0.15, 0.2) is 146 Å². The SMILES string of the molecule is C=C(C)CCOP(=O)(Oc1ccccc1)Oc1ccccc1.CC1(C)CCOc2c(I)cccc21.CC1(C)CCOc2ccccc21.Oc1ccccc1. The normalized spacial score (nSPS) is 14.5. The third kappa shape index (κ3) is 13.6. The molecule has 2 heterocycles. The van der Waals surface area contributed by atoms with E-state index in [4.69, 9.17) is 28.2 Å². The van der Waals surface area contributed by atoms with E-state index < -0.39 is 7.82 Å². The maximum absolute atomic E-state index is 12.8. The van der Waals surface area contributed by atoms with Crippen molar-refractivity contribution < 1.29 is 32.7 Å². The Morgan fingerprint density at radius 1 is 0.704 bits per heavy atom. The van der Waals surface area contributed by atoms with Crippen molar-refractivity contribution in [2.75, 3.05) is 19.8 Å². The first kappa shape index (κ1) is 42.5. The van der Waals surface area contributed by atoms with Crippen LogP contribution in [0.3, 0.4) is 0 Å². The molecule has 0 unspecified atom stereocenters. The van der Waals surface area contributed by atoms with Crippen LogP contribution < -0.4 is 18.5 Å². The maximum Gasteiger partial charge on any atom is 0.587 e. The molecule has 0 aromatic heterocycles. The number of phenolic OH excluding ortho intramolecular Hbond substituents is 1. The molecule has 0 bridgehead atoms. The lowest BCUT2D eigenvalue weighted by Gasteiger charge is -2.32. The van der Waals surface area contributed by atoms with Crippen LogP contribution in [0.25, 0.3) is 0 Å². The second-order valence-electron chi connectivity index (χ2n) is 14.2. The van der Waals surface area contributed by atoms with Crippen molar-refractivity contribution in [3.63, 3.8) is 0 Å². The van der Waals surface area contributed by atoms with Gasteiger partial charge < -0.3 is 23.6 Å². The van der Waals surface area contributed by atoms with Crippen LogP contribution in [0.1, 0.15) is 65.0 Å². The van der Waals surface area contributed by atoms with Gasteiger partial charge in [0.1, 0.15) is 28.7 Å². The zero-order chi connectivity index (χ0) is 39.0. The fourth-order valence-electron chi connectivity index (χ4n) is 5.49. The number of phosphoric acid groups is 1. The van der Waals surface area contributed by atoms with Gasteiger partial charge in [-0.1, -0.05) is 118 Å². The Morgan fingerprint density at radius 3 is 1.69 bits per heavy atom. The summed E-state index contributed by atoms with van der Waals surface area (Å²) in [7, 11) is -3.76. The molecule has 286 valence electrons. The van der Waals surface area contributed by atoms with Crippen LogP contribution in [0.2, 0.25) is 0 Å².